The van der Waals surface area contributed by atoms with Crippen molar-refractivity contribution in [1.29, 1.82) is 0 Å². The normalized spacial score (nSPS) is 19.3. The third kappa shape index (κ3) is 4.94. The fraction of sp³-hybridized carbons (Fsp3) is 0.391. The first kappa shape index (κ1) is 26.7. The first-order chi connectivity index (χ1) is 19.2. The number of nitrogens with two attached hydrogens (primary N) is 1. The number of sulfonamides is 1. The molecule has 14 nitrogen and oxygen atoms in total. The molecule has 1 fully saturated rings. The van der Waals surface area contributed by atoms with E-state index in [1.54, 1.807) is 29.2 Å². The number of hydrogen-bond donors (Lipinski definition) is 3. The second-order valence-corrected chi connectivity index (χ2v) is 14.1. The van der Waals surface area contributed by atoms with E-state index in [0.717, 1.165) is 46.1 Å². The molecule has 40 heavy (non-hydrogen) atoms. The zero-order valence-corrected chi connectivity index (χ0v) is 23.8. The molecule has 0 bridgehead atoms. The van der Waals surface area contributed by atoms with E-state index >= 15 is 0 Å². The fourth-order valence-corrected chi connectivity index (χ4v) is 9.14. The van der Waals surface area contributed by atoms with E-state index in [1.807, 2.05) is 7.05 Å². The third-order valence-electron chi connectivity index (χ3n) is 7.11. The lowest BCUT2D eigenvalue weighted by molar-refractivity contribution is 0.0562. The van der Waals surface area contributed by atoms with Gasteiger partial charge in [0.05, 0.1) is 11.7 Å². The van der Waals surface area contributed by atoms with Crippen LogP contribution in [-0.4, -0.2) is 104 Å². The summed E-state index contributed by atoms with van der Waals surface area (Å²) < 4.78 is 29.9. The molecule has 2 aliphatic rings. The molecule has 3 aromatic heterocycles. The zero-order valence-electron chi connectivity index (χ0n) is 21.4. The number of hydrogen-bond acceptors (Lipinski definition) is 12. The van der Waals surface area contributed by atoms with Crippen LogP contribution in [0.2, 0.25) is 0 Å². The first-order valence-corrected chi connectivity index (χ1v) is 15.5. The van der Waals surface area contributed by atoms with Gasteiger partial charge < -0.3 is 20.7 Å². The molecule has 4 N–H and O–H groups in total. The molecule has 1 amide bonds. The van der Waals surface area contributed by atoms with Crippen molar-refractivity contribution in [3.05, 3.63) is 51.2 Å². The minimum Gasteiger partial charge on any atom is -0.409 e. The summed E-state index contributed by atoms with van der Waals surface area (Å²) in [5, 5.41) is 27.2. The van der Waals surface area contributed by atoms with Crippen LogP contribution in [0.25, 0.3) is 10.1 Å². The van der Waals surface area contributed by atoms with Gasteiger partial charge in [-0.1, -0.05) is 10.4 Å². The summed E-state index contributed by atoms with van der Waals surface area (Å²) >= 11 is 2.55. The van der Waals surface area contributed by atoms with Crippen LogP contribution in [-0.2, 0) is 29.4 Å². The summed E-state index contributed by atoms with van der Waals surface area (Å²) in [6.45, 7) is 2.05. The summed E-state index contributed by atoms with van der Waals surface area (Å²) in [6, 6.07) is 6.17. The van der Waals surface area contributed by atoms with Crippen molar-refractivity contribution < 1.29 is 18.4 Å². The zero-order chi connectivity index (χ0) is 28.0. The van der Waals surface area contributed by atoms with E-state index in [0.29, 0.717) is 21.8 Å². The fourth-order valence-electron chi connectivity index (χ4n) is 4.99. The van der Waals surface area contributed by atoms with Crippen LogP contribution in [0, 0.1) is 0 Å². The maximum Gasteiger partial charge on any atom is 0.283 e. The summed E-state index contributed by atoms with van der Waals surface area (Å²) in [7, 11) is -1.84. The van der Waals surface area contributed by atoms with Gasteiger partial charge in [0.15, 0.2) is 16.7 Å². The van der Waals surface area contributed by atoms with Gasteiger partial charge in [0.1, 0.15) is 4.21 Å². The van der Waals surface area contributed by atoms with Gasteiger partial charge in [-0.25, -0.2) is 13.4 Å². The maximum atomic E-state index is 13.8. The Morgan fingerprint density at radius 3 is 2.88 bits per heavy atom. The number of carbonyl (C=O) groups excluding carboxylic acids is 1. The molecule has 4 aromatic rings. The second kappa shape index (κ2) is 10.5. The Balaban J connectivity index is 1.27. The summed E-state index contributed by atoms with van der Waals surface area (Å²) in [6.07, 6.45) is 1.03. The Morgan fingerprint density at radius 2 is 2.10 bits per heavy atom. The van der Waals surface area contributed by atoms with E-state index in [9.17, 15) is 13.2 Å². The lowest BCUT2D eigenvalue weighted by Crippen LogP contribution is -2.57. The minimum absolute atomic E-state index is 0.0595. The smallest absolute Gasteiger partial charge is 0.283 e. The van der Waals surface area contributed by atoms with Crippen LogP contribution in [0.4, 0.5) is 0 Å². The number of amidine groups is 1. The first-order valence-electron chi connectivity index (χ1n) is 12.4. The standard InChI is InChI=1S/C23H26N10O4S3/c1-31-5-4-16-18(12-31)39-22(25-16)23(34)33-7-6-32(11-15(33)10-19-26-29-30-27-19)40(36,37)20-9-14-8-13(21(24)28-35)2-3-17(14)38-20/h2-3,8-9,15,35H,4-7,10-12H2,1H3,(H2,24,28)(H,26,27,29,30). The van der Waals surface area contributed by atoms with E-state index < -0.39 is 16.1 Å². The Morgan fingerprint density at radius 1 is 1.25 bits per heavy atom. The Bertz CT molecular complexity index is 1700. The predicted molar refractivity (Wildman–Crippen MR) is 148 cm³/mol. The summed E-state index contributed by atoms with van der Waals surface area (Å²) in [5.74, 6) is 0.112. The van der Waals surface area contributed by atoms with Gasteiger partial charge in [-0.3, -0.25) is 4.79 Å². The number of aromatic amines is 1. The minimum atomic E-state index is -3.88. The van der Waals surface area contributed by atoms with Crippen molar-refractivity contribution in [2.45, 2.75) is 29.6 Å². The average molecular weight is 603 g/mol. The molecule has 1 atom stereocenters. The molecule has 210 valence electrons. The number of nitrogens with one attached hydrogen (secondary N) is 1. The van der Waals surface area contributed by atoms with Crippen molar-refractivity contribution >= 4 is 54.5 Å². The SMILES string of the molecule is CN1CCc2nc(C(=O)N3CCN(S(=O)(=O)c4cc5cc(C(N)=NO)ccc5s4)CC3Cc3nn[nH]n3)sc2C1. The Kier molecular flexibility index (Phi) is 6.99. The van der Waals surface area contributed by atoms with Crippen LogP contribution >= 0.6 is 22.7 Å². The van der Waals surface area contributed by atoms with E-state index in [2.05, 4.69) is 35.7 Å². The number of thiazole rings is 1. The van der Waals surface area contributed by atoms with Crippen LogP contribution < -0.4 is 5.73 Å². The van der Waals surface area contributed by atoms with Gasteiger partial charge in [-0.2, -0.15) is 9.52 Å². The average Bonchev–Trinajstić information content (AvgIpc) is 3.71. The maximum absolute atomic E-state index is 13.8. The van der Waals surface area contributed by atoms with E-state index in [1.165, 1.54) is 15.6 Å². The van der Waals surface area contributed by atoms with Gasteiger partial charge in [0, 0.05) is 60.7 Å². The molecule has 1 saturated heterocycles. The molecule has 1 unspecified atom stereocenters. The summed E-state index contributed by atoms with van der Waals surface area (Å²) in [4.78, 5) is 23.3. The number of carbonyl (C=O) groups is 1. The number of oxime groups is 1. The molecule has 17 heteroatoms. The number of benzene rings is 1. The third-order valence-corrected chi connectivity index (χ3v) is 11.6. The molecular weight excluding hydrogens is 577 g/mol. The molecule has 6 rings (SSSR count). The predicted octanol–water partition coefficient (Wildman–Crippen LogP) is 0.711. The van der Waals surface area contributed by atoms with Crippen LogP contribution in [0.5, 0.6) is 0 Å². The van der Waals surface area contributed by atoms with E-state index in [-0.39, 0.29) is 42.0 Å². The molecule has 0 spiro atoms. The topological polar surface area (TPSA) is 187 Å². The molecule has 0 aliphatic carbocycles. The number of thiophene rings is 1. The van der Waals surface area contributed by atoms with Gasteiger partial charge in [-0.05, 0) is 36.7 Å². The lowest BCUT2D eigenvalue weighted by atomic mass is 10.1. The summed E-state index contributed by atoms with van der Waals surface area (Å²) in [5.41, 5.74) is 7.15. The number of nitrogens with zero attached hydrogens (tertiary/aromatic N) is 8. The van der Waals surface area contributed by atoms with Crippen molar-refractivity contribution in [1.82, 2.24) is 39.7 Å². The number of rotatable bonds is 6. The van der Waals surface area contributed by atoms with Crippen LogP contribution in [0.15, 0.2) is 33.6 Å². The van der Waals surface area contributed by atoms with Crippen molar-refractivity contribution in [3.8, 4) is 0 Å². The van der Waals surface area contributed by atoms with Gasteiger partial charge in [-0.15, -0.1) is 32.9 Å². The van der Waals surface area contributed by atoms with Crippen molar-refractivity contribution in [2.75, 3.05) is 33.2 Å². The largest absolute Gasteiger partial charge is 0.409 e. The van der Waals surface area contributed by atoms with Crippen LogP contribution in [0.3, 0.4) is 0 Å². The highest BCUT2D eigenvalue weighted by atomic mass is 32.2. The molecule has 2 aliphatic heterocycles. The highest BCUT2D eigenvalue weighted by Crippen LogP contribution is 2.33. The molecule has 1 aromatic carbocycles. The van der Waals surface area contributed by atoms with E-state index in [4.69, 9.17) is 10.9 Å². The monoisotopic (exact) mass is 602 g/mol. The number of H-pyrrole nitrogens is 1. The highest BCUT2D eigenvalue weighted by Gasteiger charge is 2.39. The Hall–Kier alpha value is -3.51. The number of aromatic nitrogens is 5. The number of piperazine rings is 1. The molecule has 0 saturated carbocycles. The molecule has 5 heterocycles. The Labute approximate surface area is 237 Å². The van der Waals surface area contributed by atoms with Crippen LogP contribution in [0.1, 0.15) is 31.8 Å². The van der Waals surface area contributed by atoms with Gasteiger partial charge in [0.2, 0.25) is 0 Å². The number of likely N-dealkylation sites (N-methyl/N-ethyl adjacent to an activating group) is 1. The number of fused-ring (bicyclic) bond motifs is 2. The highest BCUT2D eigenvalue weighted by molar-refractivity contribution is 7.91. The van der Waals surface area contributed by atoms with Crippen molar-refractivity contribution in [2.24, 2.45) is 10.9 Å². The molecule has 0 radical (unpaired) electrons. The van der Waals surface area contributed by atoms with Crippen molar-refractivity contribution in [3.63, 3.8) is 0 Å². The quantitative estimate of drug-likeness (QED) is 0.123. The van der Waals surface area contributed by atoms with Gasteiger partial charge in [0.25, 0.3) is 15.9 Å². The lowest BCUT2D eigenvalue weighted by Gasteiger charge is -2.39. The number of tetrazole rings is 1. The molecular formula is C23H26N10O4S3. The number of amides is 1. The van der Waals surface area contributed by atoms with Gasteiger partial charge >= 0.3 is 0 Å². The second-order valence-electron chi connectivity index (χ2n) is 9.73.